The number of unbranched alkanes of at least 4 members (excludes halogenated alkanes) is 1. The van der Waals surface area contributed by atoms with Crippen molar-refractivity contribution < 1.29 is 13.0 Å². The van der Waals surface area contributed by atoms with Crippen LogP contribution in [0.5, 0.6) is 0 Å². The number of allylic oxidation sites excluding steroid dienone is 4. The Hall–Kier alpha value is -3.74. The Balaban J connectivity index is 0.000000270. The number of rotatable bonds is 7. The highest BCUT2D eigenvalue weighted by atomic mass is 32.2. The van der Waals surface area contributed by atoms with E-state index in [0.29, 0.717) is 0 Å². The third-order valence-electron chi connectivity index (χ3n) is 6.86. The summed E-state index contributed by atoms with van der Waals surface area (Å²) in [5.41, 5.74) is 7.32. The molecule has 0 amide bonds. The minimum Gasteiger partial charge on any atom is -0.362 e. The normalized spacial score (nSPS) is 15.6. The monoisotopic (exact) mass is 540 g/mol. The Morgan fingerprint density at radius 3 is 2.28 bits per heavy atom. The molecule has 0 aromatic heterocycles. The average Bonchev–Trinajstić information content (AvgIpc) is 3.26. The fraction of sp³-hybridized carbons (Fsp3) is 0.242. The second kappa shape index (κ2) is 12.0. The number of para-hydroxylation sites is 2. The summed E-state index contributed by atoms with van der Waals surface area (Å²) in [4.78, 5) is 4.87. The lowest BCUT2D eigenvalue weighted by atomic mass is 9.73. The second-order valence-corrected chi connectivity index (χ2v) is 11.8. The number of nitrogens with zero attached hydrogens (tertiary/aromatic N) is 1. The van der Waals surface area contributed by atoms with E-state index in [0.717, 1.165) is 28.7 Å². The van der Waals surface area contributed by atoms with E-state index in [1.807, 2.05) is 13.0 Å². The Labute approximate surface area is 231 Å². The van der Waals surface area contributed by atoms with Crippen LogP contribution < -0.4 is 15.9 Å². The smallest absolute Gasteiger partial charge is 0.294 e. The number of benzene rings is 3. The van der Waals surface area contributed by atoms with Crippen molar-refractivity contribution in [2.45, 2.75) is 51.9 Å². The molecular weight excluding hydrogens is 504 g/mol. The minimum atomic E-state index is -4.02. The lowest BCUT2D eigenvalue weighted by Crippen LogP contribution is -2.25. The molecule has 3 aromatic rings. The summed E-state index contributed by atoms with van der Waals surface area (Å²) < 4.78 is 29.6. The number of aryl methyl sites for hydroxylation is 1. The van der Waals surface area contributed by atoms with Gasteiger partial charge >= 0.3 is 0 Å². The molecule has 5 nitrogen and oxygen atoms in total. The van der Waals surface area contributed by atoms with Crippen LogP contribution >= 0.6 is 0 Å². The highest BCUT2D eigenvalue weighted by Crippen LogP contribution is 2.44. The molecule has 0 saturated carbocycles. The van der Waals surface area contributed by atoms with Gasteiger partial charge in [-0.3, -0.25) is 4.55 Å². The molecular formula is C33H36N2O3S. The van der Waals surface area contributed by atoms with Gasteiger partial charge in [0, 0.05) is 28.1 Å². The molecule has 0 fully saturated rings. The Kier molecular flexibility index (Phi) is 8.68. The molecule has 2 aliphatic rings. The van der Waals surface area contributed by atoms with Crippen molar-refractivity contribution in [3.05, 3.63) is 130 Å². The fourth-order valence-corrected chi connectivity index (χ4v) is 5.35. The summed E-state index contributed by atoms with van der Waals surface area (Å²) in [6, 6.07) is 24.8. The molecule has 5 rings (SSSR count). The van der Waals surface area contributed by atoms with Crippen LogP contribution in [-0.2, 0) is 10.1 Å². The van der Waals surface area contributed by atoms with Gasteiger partial charge in [0.15, 0.2) is 0 Å². The van der Waals surface area contributed by atoms with E-state index in [4.69, 9.17) is 9.55 Å². The molecule has 0 bridgehead atoms. The molecule has 0 radical (unpaired) electrons. The number of anilines is 1. The standard InChI is InChI=1S/C26H28N2.C7H8O3S/c1-4-5-13-20-22(16-17-27-19-11-7-6-8-12-19)26(2,3)18-24-25(20)21-14-9-10-15-23(21)28-24;1-6-2-4-7(5-3-6)11(8,9)10/h6-12,14-18,27H,4-5,13H2,1-3H3;2-5H,1H3,(H,8,9,10). The summed E-state index contributed by atoms with van der Waals surface area (Å²) in [7, 11) is -4.02. The Bertz CT molecular complexity index is 1650. The number of fused-ring (bicyclic) bond motifs is 2. The SMILES string of the molecule is CCCCC1=C(C=CNc2ccccc2)C(C)(C)C=C2N=c3ccccc3=C21.Cc1ccc(S(=O)(=O)O)cc1. The first kappa shape index (κ1) is 28.3. The maximum atomic E-state index is 10.5. The molecule has 0 atom stereocenters. The maximum Gasteiger partial charge on any atom is 0.294 e. The lowest BCUT2D eigenvalue weighted by molar-refractivity contribution is 0.483. The highest BCUT2D eigenvalue weighted by molar-refractivity contribution is 7.85. The molecule has 2 N–H and O–H groups in total. The molecule has 3 aromatic carbocycles. The van der Waals surface area contributed by atoms with Crippen molar-refractivity contribution >= 4 is 21.4 Å². The van der Waals surface area contributed by atoms with Gasteiger partial charge in [-0.1, -0.05) is 81.3 Å². The van der Waals surface area contributed by atoms with Gasteiger partial charge in [-0.2, -0.15) is 8.42 Å². The molecule has 0 saturated heterocycles. The van der Waals surface area contributed by atoms with Crippen LogP contribution in [-0.4, -0.2) is 13.0 Å². The molecule has 1 heterocycles. The first-order valence-corrected chi connectivity index (χ1v) is 14.7. The predicted molar refractivity (Wildman–Crippen MR) is 159 cm³/mol. The van der Waals surface area contributed by atoms with Gasteiger partial charge in [0.25, 0.3) is 10.1 Å². The van der Waals surface area contributed by atoms with Gasteiger partial charge in [0.05, 0.1) is 15.9 Å². The Morgan fingerprint density at radius 1 is 0.949 bits per heavy atom. The van der Waals surface area contributed by atoms with E-state index >= 15 is 0 Å². The number of hydrogen-bond donors (Lipinski definition) is 2. The summed E-state index contributed by atoms with van der Waals surface area (Å²) in [5.74, 6) is 0. The van der Waals surface area contributed by atoms with Crippen LogP contribution in [0, 0.1) is 12.3 Å². The number of hydrogen-bond acceptors (Lipinski definition) is 4. The van der Waals surface area contributed by atoms with Gasteiger partial charge in [-0.05, 0) is 73.4 Å². The van der Waals surface area contributed by atoms with Crippen molar-refractivity contribution in [2.24, 2.45) is 10.4 Å². The zero-order valence-corrected chi connectivity index (χ0v) is 23.8. The highest BCUT2D eigenvalue weighted by Gasteiger charge is 2.32. The van der Waals surface area contributed by atoms with Crippen LogP contribution in [0.25, 0.3) is 5.57 Å². The quantitative estimate of drug-likeness (QED) is 0.325. The summed E-state index contributed by atoms with van der Waals surface area (Å²) in [6.45, 7) is 8.69. The van der Waals surface area contributed by atoms with Crippen molar-refractivity contribution in [2.75, 3.05) is 5.32 Å². The third-order valence-corrected chi connectivity index (χ3v) is 7.73. The van der Waals surface area contributed by atoms with Gasteiger partial charge in [-0.15, -0.1) is 0 Å². The van der Waals surface area contributed by atoms with Crippen LogP contribution in [0.15, 0.2) is 124 Å². The van der Waals surface area contributed by atoms with E-state index in [1.54, 1.807) is 12.1 Å². The van der Waals surface area contributed by atoms with Crippen molar-refractivity contribution in [1.82, 2.24) is 0 Å². The summed E-state index contributed by atoms with van der Waals surface area (Å²) >= 11 is 0. The largest absolute Gasteiger partial charge is 0.362 e. The molecule has 1 aliphatic carbocycles. The van der Waals surface area contributed by atoms with Gasteiger partial charge in [0.2, 0.25) is 0 Å². The predicted octanol–water partition coefficient (Wildman–Crippen LogP) is 6.75. The van der Waals surface area contributed by atoms with Crippen molar-refractivity contribution in [3.63, 3.8) is 0 Å². The van der Waals surface area contributed by atoms with Gasteiger partial charge < -0.3 is 5.32 Å². The third kappa shape index (κ3) is 6.83. The van der Waals surface area contributed by atoms with Gasteiger partial charge in [0.1, 0.15) is 0 Å². The van der Waals surface area contributed by atoms with E-state index < -0.39 is 10.1 Å². The molecule has 0 unspecified atom stereocenters. The Morgan fingerprint density at radius 2 is 1.62 bits per heavy atom. The van der Waals surface area contributed by atoms with Crippen LogP contribution in [0.3, 0.4) is 0 Å². The van der Waals surface area contributed by atoms with E-state index in [2.05, 4.69) is 93.0 Å². The van der Waals surface area contributed by atoms with E-state index in [-0.39, 0.29) is 10.3 Å². The van der Waals surface area contributed by atoms with Crippen LogP contribution in [0.2, 0.25) is 0 Å². The first-order valence-electron chi connectivity index (χ1n) is 13.3. The molecule has 39 heavy (non-hydrogen) atoms. The summed E-state index contributed by atoms with van der Waals surface area (Å²) in [5, 5.41) is 5.79. The second-order valence-electron chi connectivity index (χ2n) is 10.4. The molecule has 6 heteroatoms. The summed E-state index contributed by atoms with van der Waals surface area (Å²) in [6.07, 6.45) is 10.1. The molecule has 0 spiro atoms. The van der Waals surface area contributed by atoms with E-state index in [1.165, 1.54) is 46.9 Å². The first-order chi connectivity index (χ1) is 18.6. The average molecular weight is 541 g/mol. The molecule has 1 aliphatic heterocycles. The maximum absolute atomic E-state index is 10.5. The fourth-order valence-electron chi connectivity index (χ4n) is 4.87. The number of nitrogens with one attached hydrogen (secondary N) is 1. The van der Waals surface area contributed by atoms with Crippen LogP contribution in [0.4, 0.5) is 5.69 Å². The zero-order chi connectivity index (χ0) is 28.0. The lowest BCUT2D eigenvalue weighted by Gasteiger charge is -2.32. The topological polar surface area (TPSA) is 78.8 Å². The van der Waals surface area contributed by atoms with Crippen LogP contribution in [0.1, 0.15) is 45.6 Å². The van der Waals surface area contributed by atoms with Gasteiger partial charge in [-0.25, -0.2) is 4.99 Å². The van der Waals surface area contributed by atoms with Crippen molar-refractivity contribution in [1.29, 1.82) is 0 Å². The molecule has 202 valence electrons. The van der Waals surface area contributed by atoms with E-state index in [9.17, 15) is 8.42 Å². The minimum absolute atomic E-state index is 0.0533. The van der Waals surface area contributed by atoms with Crippen molar-refractivity contribution in [3.8, 4) is 0 Å². The zero-order valence-electron chi connectivity index (χ0n) is 23.0.